The van der Waals surface area contributed by atoms with Crippen LogP contribution < -0.4 is 10.2 Å². The fraction of sp³-hybridized carbons (Fsp3) is 0.458. The van der Waals surface area contributed by atoms with Crippen molar-refractivity contribution in [2.24, 2.45) is 0 Å². The highest BCUT2D eigenvalue weighted by Crippen LogP contribution is 2.43. The minimum atomic E-state index is -0.343. The molecule has 1 N–H and O–H groups in total. The smallest absolute Gasteiger partial charge is 0.235 e. The normalized spacial score (nSPS) is 21.9. The number of carbonyl (C=O) groups is 1. The van der Waals surface area contributed by atoms with Gasteiger partial charge in [0.05, 0.1) is 5.41 Å². The van der Waals surface area contributed by atoms with Crippen molar-refractivity contribution in [1.29, 1.82) is 0 Å². The summed E-state index contributed by atoms with van der Waals surface area (Å²) in [6, 6.07) is 16.3. The zero-order chi connectivity index (χ0) is 20.3. The number of para-hydroxylation sites is 1. The second-order valence-electron chi connectivity index (χ2n) is 8.20. The van der Waals surface area contributed by atoms with Crippen LogP contribution in [0.15, 0.2) is 48.5 Å². The molecule has 0 radical (unpaired) electrons. The third-order valence-electron chi connectivity index (χ3n) is 6.62. The molecule has 2 aromatic rings. The number of unbranched alkanes of at least 4 members (excludes halogenated alkanes) is 1. The maximum atomic E-state index is 12.7. The first-order valence-electron chi connectivity index (χ1n) is 10.8. The maximum absolute atomic E-state index is 12.7. The number of anilines is 2. The number of nitrogens with zero attached hydrogens (tertiary/aromatic N) is 2. The average Bonchev–Trinajstić information content (AvgIpc) is 3.04. The van der Waals surface area contributed by atoms with Gasteiger partial charge in [0.1, 0.15) is 0 Å². The molecule has 154 valence electrons. The van der Waals surface area contributed by atoms with Crippen LogP contribution in [0.25, 0.3) is 0 Å². The molecule has 4 nitrogen and oxygen atoms in total. The lowest BCUT2D eigenvalue weighted by molar-refractivity contribution is -0.121. The van der Waals surface area contributed by atoms with Gasteiger partial charge in [-0.2, -0.15) is 0 Å². The molecule has 2 aliphatic heterocycles. The van der Waals surface area contributed by atoms with E-state index in [9.17, 15) is 4.79 Å². The van der Waals surface area contributed by atoms with Crippen molar-refractivity contribution in [2.45, 2.75) is 38.0 Å². The van der Waals surface area contributed by atoms with Gasteiger partial charge in [-0.1, -0.05) is 43.1 Å². The number of benzene rings is 2. The van der Waals surface area contributed by atoms with Crippen LogP contribution in [0.5, 0.6) is 0 Å². The average molecular weight is 412 g/mol. The van der Waals surface area contributed by atoms with E-state index in [0.29, 0.717) is 0 Å². The molecule has 1 unspecified atom stereocenters. The Labute approximate surface area is 178 Å². The second kappa shape index (κ2) is 8.76. The topological polar surface area (TPSA) is 35.6 Å². The Kier molecular flexibility index (Phi) is 6.12. The largest absolute Gasteiger partial charge is 0.369 e. The molecular weight excluding hydrogens is 382 g/mol. The second-order valence-corrected chi connectivity index (χ2v) is 8.63. The first kappa shape index (κ1) is 20.2. The Balaban J connectivity index is 1.25. The van der Waals surface area contributed by atoms with Crippen LogP contribution in [0.1, 0.15) is 38.2 Å². The van der Waals surface area contributed by atoms with Crippen molar-refractivity contribution in [3.8, 4) is 0 Å². The lowest BCUT2D eigenvalue weighted by Crippen LogP contribution is -2.46. The zero-order valence-electron chi connectivity index (χ0n) is 17.2. The number of piperazine rings is 1. The first-order valence-corrected chi connectivity index (χ1v) is 11.1. The molecular formula is C24H30ClN3O. The monoisotopic (exact) mass is 411 g/mol. The van der Waals surface area contributed by atoms with Gasteiger partial charge in [-0.3, -0.25) is 9.69 Å². The minimum absolute atomic E-state index is 0.178. The standard InChI is InChI=1S/C24H30ClN3O/c1-2-24(21-7-3-4-8-22(21)26-23(24)29)13-5-6-14-27-15-17-28(18-16-27)20-11-9-19(25)10-12-20/h3-4,7-12H,2,5-6,13-18H2,1H3,(H,26,29). The van der Waals surface area contributed by atoms with E-state index in [2.05, 4.69) is 40.2 Å². The Hall–Kier alpha value is -2.04. The Bertz CT molecular complexity index is 845. The summed E-state index contributed by atoms with van der Waals surface area (Å²) in [5.74, 6) is 0.178. The van der Waals surface area contributed by atoms with Crippen LogP contribution in [0, 0.1) is 0 Å². The van der Waals surface area contributed by atoms with Crippen LogP contribution in [0.3, 0.4) is 0 Å². The molecule has 5 heteroatoms. The van der Waals surface area contributed by atoms with Crippen LogP contribution in [0.4, 0.5) is 11.4 Å². The number of hydrogen-bond donors (Lipinski definition) is 1. The van der Waals surface area contributed by atoms with Crippen molar-refractivity contribution >= 4 is 28.9 Å². The predicted octanol–water partition coefficient (Wildman–Crippen LogP) is 4.93. The number of amides is 1. The third-order valence-corrected chi connectivity index (χ3v) is 6.87. The Morgan fingerprint density at radius 1 is 1.00 bits per heavy atom. The quantitative estimate of drug-likeness (QED) is 0.656. The van der Waals surface area contributed by atoms with Crippen molar-refractivity contribution in [3.63, 3.8) is 0 Å². The fourth-order valence-corrected chi connectivity index (χ4v) is 4.92. The zero-order valence-corrected chi connectivity index (χ0v) is 17.9. The van der Waals surface area contributed by atoms with Crippen molar-refractivity contribution in [1.82, 2.24) is 4.90 Å². The molecule has 2 aromatic carbocycles. The van der Waals surface area contributed by atoms with Gasteiger partial charge in [0.25, 0.3) is 0 Å². The molecule has 0 aromatic heterocycles. The van der Waals surface area contributed by atoms with Gasteiger partial charge in [-0.15, -0.1) is 0 Å². The molecule has 0 bridgehead atoms. The number of halogens is 1. The molecule has 2 heterocycles. The van der Waals surface area contributed by atoms with Gasteiger partial charge in [-0.25, -0.2) is 0 Å². The van der Waals surface area contributed by atoms with E-state index in [0.717, 1.165) is 69.1 Å². The SMILES string of the molecule is CCC1(CCCCN2CCN(c3ccc(Cl)cc3)CC2)C(=O)Nc2ccccc21. The lowest BCUT2D eigenvalue weighted by atomic mass is 9.75. The summed E-state index contributed by atoms with van der Waals surface area (Å²) in [6.07, 6.45) is 4.00. The summed E-state index contributed by atoms with van der Waals surface area (Å²) in [6.45, 7) is 7.53. The molecule has 1 saturated heterocycles. The molecule has 4 rings (SSSR count). The number of carbonyl (C=O) groups excluding carboxylic acids is 1. The summed E-state index contributed by atoms with van der Waals surface area (Å²) in [4.78, 5) is 17.7. The van der Waals surface area contributed by atoms with Crippen molar-refractivity contribution < 1.29 is 4.79 Å². The molecule has 0 spiro atoms. The number of rotatable bonds is 7. The fourth-order valence-electron chi connectivity index (χ4n) is 4.79. The summed E-state index contributed by atoms with van der Waals surface area (Å²) < 4.78 is 0. The third kappa shape index (κ3) is 4.15. The van der Waals surface area contributed by atoms with E-state index in [4.69, 9.17) is 11.6 Å². The highest BCUT2D eigenvalue weighted by molar-refractivity contribution is 6.30. The highest BCUT2D eigenvalue weighted by Gasteiger charge is 2.44. The minimum Gasteiger partial charge on any atom is -0.369 e. The van der Waals surface area contributed by atoms with Gasteiger partial charge < -0.3 is 10.2 Å². The van der Waals surface area contributed by atoms with Gasteiger partial charge in [0, 0.05) is 42.6 Å². The number of nitrogens with one attached hydrogen (secondary N) is 1. The summed E-state index contributed by atoms with van der Waals surface area (Å²) in [5, 5.41) is 3.88. The van der Waals surface area contributed by atoms with E-state index in [-0.39, 0.29) is 11.3 Å². The molecule has 1 amide bonds. The van der Waals surface area contributed by atoms with E-state index >= 15 is 0 Å². The number of fused-ring (bicyclic) bond motifs is 1. The molecule has 1 fully saturated rings. The van der Waals surface area contributed by atoms with E-state index in [1.54, 1.807) is 0 Å². The first-order chi connectivity index (χ1) is 14.1. The van der Waals surface area contributed by atoms with Crippen LogP contribution in [-0.4, -0.2) is 43.5 Å². The van der Waals surface area contributed by atoms with E-state index in [1.807, 2.05) is 30.3 Å². The summed E-state index contributed by atoms with van der Waals surface area (Å²) >= 11 is 6.00. The van der Waals surface area contributed by atoms with Crippen LogP contribution >= 0.6 is 11.6 Å². The lowest BCUT2D eigenvalue weighted by Gasteiger charge is -2.36. The molecule has 2 aliphatic rings. The van der Waals surface area contributed by atoms with Crippen LogP contribution in [0.2, 0.25) is 5.02 Å². The molecule has 0 aliphatic carbocycles. The predicted molar refractivity (Wildman–Crippen MR) is 121 cm³/mol. The number of hydrogen-bond acceptors (Lipinski definition) is 3. The molecule has 1 atom stereocenters. The van der Waals surface area contributed by atoms with Crippen molar-refractivity contribution in [2.75, 3.05) is 42.9 Å². The van der Waals surface area contributed by atoms with Crippen LogP contribution in [-0.2, 0) is 10.2 Å². The van der Waals surface area contributed by atoms with Crippen molar-refractivity contribution in [3.05, 3.63) is 59.1 Å². The van der Waals surface area contributed by atoms with Gasteiger partial charge in [-0.05, 0) is 61.7 Å². The summed E-state index contributed by atoms with van der Waals surface area (Å²) in [7, 11) is 0. The molecule has 29 heavy (non-hydrogen) atoms. The molecule has 0 saturated carbocycles. The van der Waals surface area contributed by atoms with E-state index in [1.165, 1.54) is 11.3 Å². The summed E-state index contributed by atoms with van der Waals surface area (Å²) in [5.41, 5.74) is 3.09. The Morgan fingerprint density at radius 2 is 1.72 bits per heavy atom. The Morgan fingerprint density at radius 3 is 2.45 bits per heavy atom. The maximum Gasteiger partial charge on any atom is 0.235 e. The highest BCUT2D eigenvalue weighted by atomic mass is 35.5. The van der Waals surface area contributed by atoms with Gasteiger partial charge >= 0.3 is 0 Å². The van der Waals surface area contributed by atoms with Gasteiger partial charge in [0.15, 0.2) is 0 Å². The van der Waals surface area contributed by atoms with E-state index < -0.39 is 0 Å². The van der Waals surface area contributed by atoms with Gasteiger partial charge in [0.2, 0.25) is 5.91 Å².